The molecule has 3 heteroatoms. The molecule has 0 atom stereocenters. The number of hydrogen-bond acceptors (Lipinski definition) is 2. The van der Waals surface area contributed by atoms with Crippen LogP contribution in [0.4, 0.5) is 0 Å². The Kier molecular flexibility index (Phi) is 3.56. The topological polar surface area (TPSA) is 34.9 Å². The van der Waals surface area contributed by atoms with E-state index >= 15 is 0 Å². The van der Waals surface area contributed by atoms with Crippen molar-refractivity contribution >= 4 is 6.29 Å². The lowest BCUT2D eigenvalue weighted by Crippen LogP contribution is -1.96. The smallest absolute Gasteiger partial charge is 0.150 e. The van der Waals surface area contributed by atoms with Crippen LogP contribution in [-0.2, 0) is 7.05 Å². The highest BCUT2D eigenvalue weighted by Crippen LogP contribution is 2.31. The number of hydrogen-bond donors (Lipinski definition) is 0. The van der Waals surface area contributed by atoms with Crippen molar-refractivity contribution in [2.24, 2.45) is 7.05 Å². The third-order valence-electron chi connectivity index (χ3n) is 3.43. The number of carbonyl (C=O) groups is 1. The van der Waals surface area contributed by atoms with Gasteiger partial charge in [0, 0.05) is 24.4 Å². The Balaban J connectivity index is 2.65. The number of benzene rings is 1. The maximum atomic E-state index is 11.0. The lowest BCUT2D eigenvalue weighted by Gasteiger charge is -2.11. The zero-order valence-electron chi connectivity index (χ0n) is 12.2. The van der Waals surface area contributed by atoms with Crippen molar-refractivity contribution in [1.82, 2.24) is 9.78 Å². The summed E-state index contributed by atoms with van der Waals surface area (Å²) in [5.74, 6) is 0.377. The first-order chi connectivity index (χ1) is 8.93. The molecule has 0 saturated carbocycles. The van der Waals surface area contributed by atoms with Crippen LogP contribution in [0.1, 0.15) is 46.9 Å². The van der Waals surface area contributed by atoms with E-state index in [2.05, 4.69) is 31.2 Å². The summed E-state index contributed by atoms with van der Waals surface area (Å²) >= 11 is 0. The van der Waals surface area contributed by atoms with Crippen LogP contribution in [0.15, 0.2) is 18.3 Å². The zero-order chi connectivity index (χ0) is 14.2. The van der Waals surface area contributed by atoms with Crippen molar-refractivity contribution in [3.63, 3.8) is 0 Å². The fourth-order valence-corrected chi connectivity index (χ4v) is 2.40. The van der Waals surface area contributed by atoms with Crippen LogP contribution in [0.25, 0.3) is 11.1 Å². The highest BCUT2D eigenvalue weighted by Gasteiger charge is 2.15. The lowest BCUT2D eigenvalue weighted by atomic mass is 9.93. The molecular weight excluding hydrogens is 236 g/mol. The van der Waals surface area contributed by atoms with Gasteiger partial charge in [-0.3, -0.25) is 9.48 Å². The third kappa shape index (κ3) is 2.46. The lowest BCUT2D eigenvalue weighted by molar-refractivity contribution is 0.112. The fraction of sp³-hybridized carbons (Fsp3) is 0.375. The monoisotopic (exact) mass is 256 g/mol. The van der Waals surface area contributed by atoms with Gasteiger partial charge in [0.2, 0.25) is 0 Å². The molecule has 0 aliphatic rings. The van der Waals surface area contributed by atoms with E-state index in [-0.39, 0.29) is 0 Å². The second-order valence-electron chi connectivity index (χ2n) is 5.40. The van der Waals surface area contributed by atoms with Crippen molar-refractivity contribution in [3.8, 4) is 11.1 Å². The number of aromatic nitrogens is 2. The number of nitrogens with zero attached hydrogens (tertiary/aromatic N) is 2. The Morgan fingerprint density at radius 1 is 1.16 bits per heavy atom. The molecule has 19 heavy (non-hydrogen) atoms. The average molecular weight is 256 g/mol. The van der Waals surface area contributed by atoms with E-state index in [1.165, 1.54) is 5.56 Å². The minimum absolute atomic E-state index is 0.377. The Hall–Kier alpha value is -1.90. The SMILES string of the molecule is Cc1cc(-c2cn(C)nc2C(C)C)c(C)cc1C=O. The molecule has 0 radical (unpaired) electrons. The Labute approximate surface area is 114 Å². The second-order valence-corrected chi connectivity index (χ2v) is 5.40. The predicted octanol–water partition coefficient (Wildman–Crippen LogP) is 3.64. The zero-order valence-corrected chi connectivity index (χ0v) is 12.2. The van der Waals surface area contributed by atoms with Gasteiger partial charge in [-0.15, -0.1) is 0 Å². The standard InChI is InChI=1S/C16H20N2O/c1-10(2)16-15(8-18(5)17-16)14-7-11(3)13(9-19)6-12(14)4/h6-10H,1-5H3. The van der Waals surface area contributed by atoms with Crippen LogP contribution in [0.5, 0.6) is 0 Å². The Morgan fingerprint density at radius 2 is 1.84 bits per heavy atom. The molecule has 0 bridgehead atoms. The Morgan fingerprint density at radius 3 is 2.42 bits per heavy atom. The molecule has 0 amide bonds. The van der Waals surface area contributed by atoms with Gasteiger partial charge in [0.1, 0.15) is 6.29 Å². The van der Waals surface area contributed by atoms with E-state index in [1.807, 2.05) is 31.6 Å². The molecule has 0 N–H and O–H groups in total. The van der Waals surface area contributed by atoms with Gasteiger partial charge in [-0.25, -0.2) is 0 Å². The van der Waals surface area contributed by atoms with Crippen molar-refractivity contribution < 1.29 is 4.79 Å². The molecule has 0 aliphatic carbocycles. The molecule has 0 fully saturated rings. The first-order valence-electron chi connectivity index (χ1n) is 6.54. The summed E-state index contributed by atoms with van der Waals surface area (Å²) in [7, 11) is 1.94. The summed E-state index contributed by atoms with van der Waals surface area (Å²) in [5.41, 5.74) is 6.31. The van der Waals surface area contributed by atoms with E-state index in [0.717, 1.165) is 34.2 Å². The first kappa shape index (κ1) is 13.5. The van der Waals surface area contributed by atoms with Crippen molar-refractivity contribution in [1.29, 1.82) is 0 Å². The molecule has 3 nitrogen and oxygen atoms in total. The van der Waals surface area contributed by atoms with E-state index in [4.69, 9.17) is 0 Å². The van der Waals surface area contributed by atoms with Gasteiger partial charge < -0.3 is 0 Å². The van der Waals surface area contributed by atoms with Gasteiger partial charge in [-0.1, -0.05) is 19.9 Å². The normalized spacial score (nSPS) is 11.1. The van der Waals surface area contributed by atoms with E-state index in [9.17, 15) is 4.79 Å². The van der Waals surface area contributed by atoms with Crippen LogP contribution in [0.2, 0.25) is 0 Å². The predicted molar refractivity (Wildman–Crippen MR) is 77.6 cm³/mol. The van der Waals surface area contributed by atoms with Gasteiger partial charge in [0.15, 0.2) is 0 Å². The van der Waals surface area contributed by atoms with Crippen LogP contribution in [0, 0.1) is 13.8 Å². The summed E-state index contributed by atoms with van der Waals surface area (Å²) in [5, 5.41) is 4.55. The van der Waals surface area contributed by atoms with Crippen LogP contribution >= 0.6 is 0 Å². The molecule has 2 rings (SSSR count). The van der Waals surface area contributed by atoms with Crippen molar-refractivity contribution in [2.75, 3.05) is 0 Å². The minimum Gasteiger partial charge on any atom is -0.298 e. The maximum Gasteiger partial charge on any atom is 0.150 e. The number of aldehydes is 1. The van der Waals surface area contributed by atoms with Crippen LogP contribution < -0.4 is 0 Å². The summed E-state index contributed by atoms with van der Waals surface area (Å²) < 4.78 is 1.85. The summed E-state index contributed by atoms with van der Waals surface area (Å²) in [4.78, 5) is 11.0. The maximum absolute atomic E-state index is 11.0. The van der Waals surface area contributed by atoms with Crippen LogP contribution in [-0.4, -0.2) is 16.1 Å². The number of rotatable bonds is 3. The molecule has 0 aliphatic heterocycles. The molecule has 100 valence electrons. The van der Waals surface area contributed by atoms with Crippen LogP contribution in [0.3, 0.4) is 0 Å². The summed E-state index contributed by atoms with van der Waals surface area (Å²) in [6.07, 6.45) is 2.97. The van der Waals surface area contributed by atoms with Gasteiger partial charge >= 0.3 is 0 Å². The first-order valence-corrected chi connectivity index (χ1v) is 6.54. The number of aryl methyl sites for hydroxylation is 3. The average Bonchev–Trinajstić information content (AvgIpc) is 2.73. The van der Waals surface area contributed by atoms with Gasteiger partial charge in [-0.2, -0.15) is 5.10 Å². The third-order valence-corrected chi connectivity index (χ3v) is 3.43. The highest BCUT2D eigenvalue weighted by atomic mass is 16.1. The van der Waals surface area contributed by atoms with Crippen molar-refractivity contribution in [3.05, 3.63) is 40.7 Å². The fourth-order valence-electron chi connectivity index (χ4n) is 2.40. The molecule has 0 unspecified atom stereocenters. The molecule has 1 heterocycles. The molecule has 2 aromatic rings. The molecule has 1 aromatic carbocycles. The van der Waals surface area contributed by atoms with Crippen molar-refractivity contribution in [2.45, 2.75) is 33.6 Å². The Bertz CT molecular complexity index is 624. The second kappa shape index (κ2) is 5.00. The summed E-state index contributed by atoms with van der Waals surface area (Å²) in [6, 6.07) is 4.04. The molecular formula is C16H20N2O. The minimum atomic E-state index is 0.377. The van der Waals surface area contributed by atoms with E-state index < -0.39 is 0 Å². The molecule has 0 spiro atoms. The molecule has 0 saturated heterocycles. The van der Waals surface area contributed by atoms with Gasteiger partial charge in [0.05, 0.1) is 5.69 Å². The van der Waals surface area contributed by atoms with Gasteiger partial charge in [-0.05, 0) is 42.5 Å². The largest absolute Gasteiger partial charge is 0.298 e. The number of carbonyl (C=O) groups excluding carboxylic acids is 1. The highest BCUT2D eigenvalue weighted by molar-refractivity contribution is 5.81. The molecule has 1 aromatic heterocycles. The quantitative estimate of drug-likeness (QED) is 0.786. The van der Waals surface area contributed by atoms with Gasteiger partial charge in [0.25, 0.3) is 0 Å². The van der Waals surface area contributed by atoms with E-state index in [1.54, 1.807) is 0 Å². The van der Waals surface area contributed by atoms with E-state index in [0.29, 0.717) is 5.92 Å². The summed E-state index contributed by atoms with van der Waals surface area (Å²) in [6.45, 7) is 8.30.